The highest BCUT2D eigenvalue weighted by atomic mass is 19.1. The molecule has 0 atom stereocenters. The van der Waals surface area contributed by atoms with Crippen LogP contribution in [0.2, 0.25) is 0 Å². The summed E-state index contributed by atoms with van der Waals surface area (Å²) in [4.78, 5) is 41.4. The number of rotatable bonds is 21. The molecule has 0 saturated heterocycles. The normalized spacial score (nSPS) is 12.3. The third-order valence-corrected chi connectivity index (χ3v) is 8.50. The van der Waals surface area contributed by atoms with Crippen molar-refractivity contribution in [3.05, 3.63) is 0 Å². The largest absolute Gasteiger partial charge is 0.450 e. The van der Waals surface area contributed by atoms with Crippen LogP contribution < -0.4 is 0 Å². The Bertz CT molecular complexity index is 2240. The molecule has 0 aromatic carbocycles. The van der Waals surface area contributed by atoms with Crippen LogP contribution in [0.4, 0.5) is 4.39 Å². The van der Waals surface area contributed by atoms with Gasteiger partial charge in [0.1, 0.15) is 89.4 Å². The monoisotopic (exact) mass is 1150 g/mol. The van der Waals surface area contributed by atoms with Crippen molar-refractivity contribution in [3.63, 3.8) is 0 Å². The molecule has 82 heavy (non-hydrogen) atoms. The molecule has 0 aromatic rings. The maximum absolute atomic E-state index is 11.7. The Morgan fingerprint density at radius 3 is 0.988 bits per heavy atom. The molecule has 0 radical (unpaired) electrons. The fraction of sp³-hybridized carbons (Fsp3) is 0.712. The van der Waals surface area contributed by atoms with Crippen LogP contribution in [-0.2, 0) is 43.3 Å². The summed E-state index contributed by atoms with van der Waals surface area (Å²) in [5, 5.41) is 23.8. The lowest BCUT2D eigenvalue weighted by Crippen LogP contribution is -2.08. The number of nitrogens with zero attached hydrogens (tertiary/aromatic N) is 6. The lowest BCUT2D eigenvalue weighted by atomic mass is 10.1. The van der Waals surface area contributed by atoms with Crippen molar-refractivity contribution in [2.45, 2.75) is 242 Å². The van der Waals surface area contributed by atoms with E-state index in [1.807, 2.05) is 152 Å². The summed E-state index contributed by atoms with van der Waals surface area (Å²) in [5.41, 5.74) is 4.46. The van der Waals surface area contributed by atoms with E-state index in [2.05, 4.69) is 121 Å². The molecule has 0 spiro atoms. The first-order valence-corrected chi connectivity index (χ1v) is 28.7. The molecule has 1 fully saturated rings. The fourth-order valence-electron chi connectivity index (χ4n) is 3.96. The Morgan fingerprint density at radius 2 is 0.732 bits per heavy atom. The molecule has 464 valence electrons. The number of oxime groups is 6. The van der Waals surface area contributed by atoms with Gasteiger partial charge in [0.05, 0.1) is 7.11 Å². The summed E-state index contributed by atoms with van der Waals surface area (Å²) in [6, 6.07) is 0. The van der Waals surface area contributed by atoms with Gasteiger partial charge < -0.3 is 38.5 Å². The molecule has 1 aliphatic rings. The van der Waals surface area contributed by atoms with Crippen molar-refractivity contribution in [3.8, 4) is 71.2 Å². The zero-order valence-corrected chi connectivity index (χ0v) is 56.0. The Kier molecular flexibility index (Phi) is 56.7. The zero-order valence-electron chi connectivity index (χ0n) is 56.0. The molecule has 0 aliphatic heterocycles. The number of alkyl halides is 1. The van der Waals surface area contributed by atoms with E-state index in [-0.39, 0.29) is 66.1 Å². The van der Waals surface area contributed by atoms with E-state index in [9.17, 15) is 9.18 Å². The summed E-state index contributed by atoms with van der Waals surface area (Å²) in [6.07, 6.45) is 6.61. The van der Waals surface area contributed by atoms with Gasteiger partial charge in [-0.2, -0.15) is 0 Å². The zero-order chi connectivity index (χ0) is 64.2. The molecule has 1 saturated carbocycles. The van der Waals surface area contributed by atoms with Crippen LogP contribution >= 0.6 is 0 Å². The average molecular weight is 1150 g/mol. The highest BCUT2D eigenvalue weighted by Crippen LogP contribution is 2.27. The number of hydrogen-bond donors (Lipinski definition) is 0. The van der Waals surface area contributed by atoms with Gasteiger partial charge in [0.25, 0.3) is 0 Å². The van der Waals surface area contributed by atoms with E-state index >= 15 is 0 Å². The summed E-state index contributed by atoms with van der Waals surface area (Å²) in [7, 11) is 3.14. The molecule has 0 N–H and O–H groups in total. The molecule has 1 rings (SSSR count). The van der Waals surface area contributed by atoms with Gasteiger partial charge in [0.2, 0.25) is 0 Å². The van der Waals surface area contributed by atoms with E-state index in [0.29, 0.717) is 48.6 Å². The molecule has 0 heterocycles. The van der Waals surface area contributed by atoms with E-state index in [1.54, 1.807) is 21.0 Å². The molecule has 15 nitrogen and oxygen atoms in total. The predicted molar refractivity (Wildman–Crippen MR) is 341 cm³/mol. The van der Waals surface area contributed by atoms with E-state index in [0.717, 1.165) is 22.8 Å². The van der Waals surface area contributed by atoms with Crippen LogP contribution in [0.1, 0.15) is 206 Å². The predicted octanol–water partition coefficient (Wildman–Crippen LogP) is 14.6. The minimum absolute atomic E-state index is 0.0286. The molecule has 1 aliphatic carbocycles. The molecule has 0 bridgehead atoms. The first-order chi connectivity index (χ1) is 38.3. The minimum Gasteiger partial charge on any atom is -0.450 e. The van der Waals surface area contributed by atoms with Gasteiger partial charge in [0, 0.05) is 61.4 Å². The quantitative estimate of drug-likeness (QED) is 0.0618. The first-order valence-electron chi connectivity index (χ1n) is 28.7. The standard InChI is InChI=1S/C13H21NO2.C12H19NO.C11H19NO2.C10H16FNO.C10H17NO2.C10H17NO/c1-10(2)13(14-16-11(3)4)9-7-6-8-12(5)15;1-9(2)12(13-14-10(3)4)8-7-11-5-6-11;1-9(2)11(7-6-8-13-5)12-14-10(3)4;1-8(2)10(6-5-7-11)12-13-9(3)4;1-8(2)10(6-7-12-5)11-13-9(3)4;1-6-7-10(8(2)3)11-12-9(4)5/h10-11H,6,8H2,1-5H3;9-11H,5-6H2,1-4H3;9-10H,8H2,1-5H3;8-9H,7H2,1-4H3;8-9H,1-5H3;8-9H,1-5H3/b14-13+;13-12+;12-11+;12-10+;2*11-10+. The van der Waals surface area contributed by atoms with Gasteiger partial charge in [-0.25, -0.2) is 4.39 Å². The number of ether oxygens (including phenoxy) is 2. The van der Waals surface area contributed by atoms with Crippen molar-refractivity contribution < 1.29 is 47.7 Å². The van der Waals surface area contributed by atoms with E-state index < -0.39 is 6.67 Å². The van der Waals surface area contributed by atoms with E-state index in [1.165, 1.54) is 20.0 Å². The maximum atomic E-state index is 11.7. The fourth-order valence-corrected chi connectivity index (χ4v) is 3.96. The van der Waals surface area contributed by atoms with Crippen molar-refractivity contribution in [2.75, 3.05) is 27.5 Å². The Morgan fingerprint density at radius 1 is 0.439 bits per heavy atom. The number of carbonyl (C=O) groups is 1. The second-order valence-electron chi connectivity index (χ2n) is 21.7. The summed E-state index contributed by atoms with van der Waals surface area (Å²) in [6.45, 7) is 50.5. The van der Waals surface area contributed by atoms with Crippen molar-refractivity contribution in [2.24, 2.45) is 72.4 Å². The summed E-state index contributed by atoms with van der Waals surface area (Å²) >= 11 is 0. The SMILES string of the molecule is CC#C/C(=N\OC(C)C)C(C)C.CC(=O)CCC#C/C(=N\OC(C)C)C(C)C.CC(C)O/N=C(\C#CC1CC1)C(C)C.CC(C)O/N=C(\C#CCF)C(C)C.COC#C/C(=N\OC(C)C)C(C)C.COCC#C/C(=N\OC(C)C)C(C)C. The lowest BCUT2D eigenvalue weighted by Gasteiger charge is -2.05. The second kappa shape index (κ2) is 55.1. The Balaban J connectivity index is -0.000000290. The van der Waals surface area contributed by atoms with Gasteiger partial charge in [-0.1, -0.05) is 144 Å². The molecule has 0 unspecified atom stereocenters. The van der Waals surface area contributed by atoms with Gasteiger partial charge >= 0.3 is 0 Å². The van der Waals surface area contributed by atoms with E-state index in [4.69, 9.17) is 33.8 Å². The Hall–Kier alpha value is -6.46. The third kappa shape index (κ3) is 62.7. The average Bonchev–Trinajstić information content (AvgIpc) is 4.20. The lowest BCUT2D eigenvalue weighted by molar-refractivity contribution is -0.116. The number of hydrogen-bond acceptors (Lipinski definition) is 15. The number of carbonyl (C=O) groups excluding carboxylic acids is 1. The van der Waals surface area contributed by atoms with Crippen LogP contribution in [-0.4, -0.2) is 104 Å². The van der Waals surface area contributed by atoms with Crippen LogP contribution in [0.3, 0.4) is 0 Å². The molecular weight excluding hydrogens is 1040 g/mol. The number of ketones is 1. The van der Waals surface area contributed by atoms with Crippen molar-refractivity contribution >= 4 is 40.1 Å². The van der Waals surface area contributed by atoms with Gasteiger partial charge in [-0.3, -0.25) is 4.79 Å². The highest BCUT2D eigenvalue weighted by molar-refractivity contribution is 6.03. The van der Waals surface area contributed by atoms with Gasteiger partial charge in [0.15, 0.2) is 6.67 Å². The number of Topliss-reactive ketones (excluding diaryl/α,β-unsaturated/α-hetero) is 1. The first kappa shape index (κ1) is 84.3. The Labute approximate surface area is 499 Å². The molecule has 16 heteroatoms. The topological polar surface area (TPSA) is 165 Å². The smallest absolute Gasteiger partial charge is 0.150 e. The summed E-state index contributed by atoms with van der Waals surface area (Å²) < 4.78 is 21.2. The van der Waals surface area contributed by atoms with Crippen LogP contribution in [0.15, 0.2) is 30.9 Å². The molecule has 0 amide bonds. The maximum Gasteiger partial charge on any atom is 0.150 e. The number of methoxy groups -OCH3 is 2. The highest BCUT2D eigenvalue weighted by Gasteiger charge is 2.18. The molecular formula is C66H109FN6O9. The minimum atomic E-state index is -0.645. The third-order valence-electron chi connectivity index (χ3n) is 8.50. The van der Waals surface area contributed by atoms with Crippen LogP contribution in [0.25, 0.3) is 0 Å². The summed E-state index contributed by atoms with van der Waals surface area (Å²) in [5.74, 6) is 33.8. The van der Waals surface area contributed by atoms with Crippen LogP contribution in [0, 0.1) is 113 Å². The second-order valence-corrected chi connectivity index (χ2v) is 21.7. The van der Waals surface area contributed by atoms with Crippen molar-refractivity contribution in [1.29, 1.82) is 0 Å². The van der Waals surface area contributed by atoms with Crippen molar-refractivity contribution in [1.82, 2.24) is 0 Å². The van der Waals surface area contributed by atoms with Gasteiger partial charge in [-0.15, -0.1) is 0 Å². The molecule has 0 aromatic heterocycles. The van der Waals surface area contributed by atoms with Gasteiger partial charge in [-0.05, 0) is 145 Å². The van der Waals surface area contributed by atoms with Crippen LogP contribution in [0.5, 0.6) is 0 Å². The number of halogens is 1.